The molecule has 2 aromatic rings. The Morgan fingerprint density at radius 1 is 1.21 bits per heavy atom. The van der Waals surface area contributed by atoms with Crippen molar-refractivity contribution in [2.24, 2.45) is 11.0 Å². The maximum absolute atomic E-state index is 12.7. The van der Waals surface area contributed by atoms with Gasteiger partial charge in [-0.05, 0) is 64.7 Å². The summed E-state index contributed by atoms with van der Waals surface area (Å²) in [6, 6.07) is 8.83. The molecule has 3 N–H and O–H groups in total. The number of amides is 2. The van der Waals surface area contributed by atoms with Gasteiger partial charge in [-0.25, -0.2) is 10.2 Å². The summed E-state index contributed by atoms with van der Waals surface area (Å²) in [6.45, 7) is 5.18. The van der Waals surface area contributed by atoms with Crippen LogP contribution >= 0.6 is 27.5 Å². The topological polar surface area (TPSA) is 126 Å². The molecule has 1 unspecified atom stereocenters. The first kappa shape index (κ1) is 27.1. The lowest BCUT2D eigenvalue weighted by Crippen LogP contribution is -2.48. The zero-order chi connectivity index (χ0) is 25.3. The second kappa shape index (κ2) is 13.0. The molecule has 9 nitrogen and oxygen atoms in total. The average molecular weight is 555 g/mol. The number of halogens is 2. The van der Waals surface area contributed by atoms with E-state index in [0.29, 0.717) is 33.0 Å². The van der Waals surface area contributed by atoms with Gasteiger partial charge in [0.05, 0.1) is 17.3 Å². The maximum Gasteiger partial charge on any atom is 0.341 e. The number of carboxylic acids is 1. The average Bonchev–Trinajstić information content (AvgIpc) is 2.76. The van der Waals surface area contributed by atoms with Crippen LogP contribution in [0, 0.1) is 5.92 Å². The van der Waals surface area contributed by atoms with Gasteiger partial charge >= 0.3 is 5.97 Å². The highest BCUT2D eigenvalue weighted by atomic mass is 79.9. The summed E-state index contributed by atoms with van der Waals surface area (Å²) in [5.41, 5.74) is 3.33. The maximum atomic E-state index is 12.7. The highest BCUT2D eigenvalue weighted by Gasteiger charge is 2.24. The molecule has 0 saturated carbocycles. The summed E-state index contributed by atoms with van der Waals surface area (Å²) in [7, 11) is 0. The summed E-state index contributed by atoms with van der Waals surface area (Å²) in [5, 5.41) is 15.9. The Morgan fingerprint density at radius 2 is 1.94 bits per heavy atom. The standard InChI is InChI=1S/C23H25BrClN3O6/c1-4-33-18-9-14(8-17(24)21(18)34-12-19(29)30)11-26-28-23(32)20(13(2)3)27-22(31)15-6-5-7-16(25)10-15/h5-11,13,20H,4,12H2,1-3H3,(H,27,31)(H,28,32)(H,29,30)/b26-11+. The Bertz CT molecular complexity index is 1080. The van der Waals surface area contributed by atoms with E-state index in [1.165, 1.54) is 12.3 Å². The van der Waals surface area contributed by atoms with Crippen LogP contribution in [-0.4, -0.2) is 48.4 Å². The van der Waals surface area contributed by atoms with Crippen LogP contribution < -0.4 is 20.2 Å². The van der Waals surface area contributed by atoms with E-state index in [1.807, 2.05) is 0 Å². The molecular weight excluding hydrogens is 530 g/mol. The molecule has 2 amide bonds. The predicted molar refractivity (Wildman–Crippen MR) is 132 cm³/mol. The molecule has 0 fully saturated rings. The van der Waals surface area contributed by atoms with Crippen molar-refractivity contribution in [2.45, 2.75) is 26.8 Å². The molecule has 0 spiro atoms. The summed E-state index contributed by atoms with van der Waals surface area (Å²) in [4.78, 5) is 36.0. The van der Waals surface area contributed by atoms with Crippen molar-refractivity contribution in [3.05, 3.63) is 57.0 Å². The van der Waals surface area contributed by atoms with E-state index in [-0.39, 0.29) is 11.7 Å². The minimum absolute atomic E-state index is 0.206. The number of nitrogens with one attached hydrogen (secondary N) is 2. The number of nitrogens with zero attached hydrogens (tertiary/aromatic N) is 1. The number of rotatable bonds is 11. The number of carbonyl (C=O) groups excluding carboxylic acids is 2. The fraction of sp³-hybridized carbons (Fsp3) is 0.304. The van der Waals surface area contributed by atoms with Crippen molar-refractivity contribution < 1.29 is 29.0 Å². The summed E-state index contributed by atoms with van der Waals surface area (Å²) >= 11 is 9.27. The quantitative estimate of drug-likeness (QED) is 0.286. The smallest absolute Gasteiger partial charge is 0.341 e. The van der Waals surface area contributed by atoms with Crippen LogP contribution in [0.15, 0.2) is 46.0 Å². The molecule has 0 aliphatic rings. The van der Waals surface area contributed by atoms with E-state index in [0.717, 1.165) is 0 Å². The number of aliphatic carboxylic acids is 1. The van der Waals surface area contributed by atoms with Gasteiger partial charge in [0.1, 0.15) is 6.04 Å². The molecule has 0 aliphatic heterocycles. The summed E-state index contributed by atoms with van der Waals surface area (Å²) in [6.07, 6.45) is 1.39. The van der Waals surface area contributed by atoms with Gasteiger partial charge in [-0.2, -0.15) is 5.10 Å². The van der Waals surface area contributed by atoms with E-state index in [9.17, 15) is 14.4 Å². The van der Waals surface area contributed by atoms with Gasteiger partial charge in [0.2, 0.25) is 0 Å². The number of hydrazone groups is 1. The molecule has 0 saturated heterocycles. The molecule has 0 bridgehead atoms. The molecule has 0 aromatic heterocycles. The minimum Gasteiger partial charge on any atom is -0.490 e. The van der Waals surface area contributed by atoms with Crippen molar-refractivity contribution in [3.63, 3.8) is 0 Å². The predicted octanol–water partition coefficient (Wildman–Crippen LogP) is 3.87. The zero-order valence-corrected chi connectivity index (χ0v) is 21.1. The van der Waals surface area contributed by atoms with E-state index in [4.69, 9.17) is 26.2 Å². The van der Waals surface area contributed by atoms with Crippen molar-refractivity contribution >= 4 is 51.5 Å². The van der Waals surface area contributed by atoms with Crippen LogP contribution in [-0.2, 0) is 9.59 Å². The summed E-state index contributed by atoms with van der Waals surface area (Å²) < 4.78 is 11.3. The van der Waals surface area contributed by atoms with Crippen LogP contribution in [0.4, 0.5) is 0 Å². The van der Waals surface area contributed by atoms with Crippen LogP contribution in [0.1, 0.15) is 36.7 Å². The second-order valence-corrected chi connectivity index (χ2v) is 8.68. The molecular formula is C23H25BrClN3O6. The number of carbonyl (C=O) groups is 3. The summed E-state index contributed by atoms with van der Waals surface area (Å²) in [5.74, 6) is -1.68. The molecule has 182 valence electrons. The number of benzene rings is 2. The van der Waals surface area contributed by atoms with E-state index < -0.39 is 30.4 Å². The third kappa shape index (κ3) is 8.03. The molecule has 0 heterocycles. The normalized spacial score (nSPS) is 11.8. The molecule has 1 atom stereocenters. The first-order valence-corrected chi connectivity index (χ1v) is 11.5. The van der Waals surface area contributed by atoms with Crippen LogP contribution in [0.3, 0.4) is 0 Å². The SMILES string of the molecule is CCOc1cc(/C=N/NC(=O)C(NC(=O)c2cccc(Cl)c2)C(C)C)cc(Br)c1OCC(=O)O. The number of ether oxygens (including phenoxy) is 2. The van der Waals surface area contributed by atoms with Gasteiger partial charge in [0, 0.05) is 10.6 Å². The first-order chi connectivity index (χ1) is 16.1. The highest BCUT2D eigenvalue weighted by Crippen LogP contribution is 2.36. The number of hydrogen-bond donors (Lipinski definition) is 3. The first-order valence-electron chi connectivity index (χ1n) is 10.3. The fourth-order valence-electron chi connectivity index (χ4n) is 2.83. The zero-order valence-electron chi connectivity index (χ0n) is 18.8. The highest BCUT2D eigenvalue weighted by molar-refractivity contribution is 9.10. The molecule has 11 heteroatoms. The van der Waals surface area contributed by atoms with Gasteiger partial charge < -0.3 is 19.9 Å². The van der Waals surface area contributed by atoms with E-state index in [2.05, 4.69) is 31.8 Å². The van der Waals surface area contributed by atoms with E-state index >= 15 is 0 Å². The molecule has 34 heavy (non-hydrogen) atoms. The Hall–Kier alpha value is -3.11. The van der Waals surface area contributed by atoms with Crippen molar-refractivity contribution in [1.82, 2.24) is 10.7 Å². The van der Waals surface area contributed by atoms with Gasteiger partial charge in [-0.3, -0.25) is 9.59 Å². The van der Waals surface area contributed by atoms with Crippen molar-refractivity contribution in [3.8, 4) is 11.5 Å². The van der Waals surface area contributed by atoms with Crippen LogP contribution in [0.2, 0.25) is 5.02 Å². The van der Waals surface area contributed by atoms with Gasteiger partial charge in [-0.15, -0.1) is 0 Å². The molecule has 0 radical (unpaired) electrons. The van der Waals surface area contributed by atoms with E-state index in [1.54, 1.807) is 51.1 Å². The molecule has 2 rings (SSSR count). The van der Waals surface area contributed by atoms with Gasteiger partial charge in [-0.1, -0.05) is 31.5 Å². The lowest BCUT2D eigenvalue weighted by molar-refractivity contribution is -0.139. The molecule has 0 aliphatic carbocycles. The van der Waals surface area contributed by atoms with Crippen molar-refractivity contribution in [2.75, 3.05) is 13.2 Å². The fourth-order valence-corrected chi connectivity index (χ4v) is 3.59. The van der Waals surface area contributed by atoms with Crippen LogP contribution in [0.25, 0.3) is 0 Å². The third-order valence-electron chi connectivity index (χ3n) is 4.38. The second-order valence-electron chi connectivity index (χ2n) is 7.39. The largest absolute Gasteiger partial charge is 0.490 e. The van der Waals surface area contributed by atoms with Gasteiger partial charge in [0.15, 0.2) is 18.1 Å². The Balaban J connectivity index is 2.11. The molecule has 2 aromatic carbocycles. The Kier molecular flexibility index (Phi) is 10.3. The Morgan fingerprint density at radius 3 is 2.56 bits per heavy atom. The number of carboxylic acid groups (broad SMARTS) is 1. The van der Waals surface area contributed by atoms with Crippen LogP contribution in [0.5, 0.6) is 11.5 Å². The minimum atomic E-state index is -1.12. The van der Waals surface area contributed by atoms with Gasteiger partial charge in [0.25, 0.3) is 11.8 Å². The lowest BCUT2D eigenvalue weighted by atomic mass is 10.0. The Labute approximate surface area is 210 Å². The lowest BCUT2D eigenvalue weighted by Gasteiger charge is -2.20. The van der Waals surface area contributed by atoms with Crippen molar-refractivity contribution in [1.29, 1.82) is 0 Å². The monoisotopic (exact) mass is 553 g/mol. The third-order valence-corrected chi connectivity index (χ3v) is 5.21. The number of hydrogen-bond acceptors (Lipinski definition) is 6.